The Balaban J connectivity index is 2.35. The first-order chi connectivity index (χ1) is 9.08. The molecule has 1 aromatic carbocycles. The normalized spacial score (nSPS) is 11.2. The van der Waals surface area contributed by atoms with Crippen molar-refractivity contribution >= 4 is 11.0 Å². The maximum Gasteiger partial charge on any atom is 0.152 e. The molecule has 0 aliphatic heterocycles. The van der Waals surface area contributed by atoms with Gasteiger partial charge in [0, 0.05) is 37.1 Å². The van der Waals surface area contributed by atoms with E-state index in [2.05, 4.69) is 9.97 Å². The van der Waals surface area contributed by atoms with Gasteiger partial charge in [-0.3, -0.25) is 4.98 Å². The Morgan fingerprint density at radius 1 is 1.21 bits per heavy atom. The van der Waals surface area contributed by atoms with Gasteiger partial charge in [0.15, 0.2) is 5.82 Å². The Labute approximate surface area is 108 Å². The Hall–Kier alpha value is -2.30. The van der Waals surface area contributed by atoms with Crippen molar-refractivity contribution < 1.29 is 8.78 Å². The average molecular weight is 259 g/mol. The van der Waals surface area contributed by atoms with Crippen LogP contribution in [0.1, 0.15) is 5.56 Å². The Bertz CT molecular complexity index is 778. The van der Waals surface area contributed by atoms with Crippen molar-refractivity contribution in [3.63, 3.8) is 0 Å². The molecule has 0 atom stereocenters. The molecule has 3 nitrogen and oxygen atoms in total. The van der Waals surface area contributed by atoms with E-state index in [4.69, 9.17) is 0 Å². The van der Waals surface area contributed by atoms with Crippen molar-refractivity contribution in [3.8, 4) is 11.4 Å². The quantitative estimate of drug-likeness (QED) is 0.671. The van der Waals surface area contributed by atoms with Crippen molar-refractivity contribution in [1.29, 1.82) is 0 Å². The lowest BCUT2D eigenvalue weighted by Crippen LogP contribution is -1.96. The van der Waals surface area contributed by atoms with Gasteiger partial charge in [-0.25, -0.2) is 13.8 Å². The monoisotopic (exact) mass is 259 g/mol. The number of halogens is 2. The summed E-state index contributed by atoms with van der Waals surface area (Å²) in [5.41, 5.74) is 2.38. The van der Waals surface area contributed by atoms with Crippen LogP contribution in [0.5, 0.6) is 0 Å². The van der Waals surface area contributed by atoms with E-state index in [1.165, 1.54) is 6.07 Å². The van der Waals surface area contributed by atoms with Gasteiger partial charge in [0.1, 0.15) is 17.2 Å². The maximum absolute atomic E-state index is 13.8. The van der Waals surface area contributed by atoms with Crippen LogP contribution in [0, 0.1) is 18.6 Å². The number of nitrogens with zero attached hydrogens (tertiary/aromatic N) is 3. The van der Waals surface area contributed by atoms with E-state index in [1.54, 1.807) is 24.0 Å². The van der Waals surface area contributed by atoms with Crippen LogP contribution in [-0.2, 0) is 7.05 Å². The number of aromatic nitrogens is 3. The molecule has 0 bridgehead atoms. The third-order valence-corrected chi connectivity index (χ3v) is 3.17. The summed E-state index contributed by atoms with van der Waals surface area (Å²) < 4.78 is 28.7. The molecular formula is C14H11F2N3. The van der Waals surface area contributed by atoms with Crippen LogP contribution in [0.2, 0.25) is 0 Å². The molecule has 0 saturated carbocycles. The summed E-state index contributed by atoms with van der Waals surface area (Å²) in [5.74, 6) is -0.666. The minimum atomic E-state index is -0.627. The Morgan fingerprint density at radius 2 is 2.00 bits per heavy atom. The van der Waals surface area contributed by atoms with Gasteiger partial charge in [0.2, 0.25) is 0 Å². The summed E-state index contributed by atoms with van der Waals surface area (Å²) >= 11 is 0. The molecule has 5 heteroatoms. The number of benzene rings is 1. The number of hydrogen-bond donors (Lipinski definition) is 0. The Morgan fingerprint density at radius 3 is 2.74 bits per heavy atom. The molecule has 0 saturated heterocycles. The predicted octanol–water partition coefficient (Wildman–Crippen LogP) is 3.22. The number of aryl methyl sites for hydroxylation is 2. The van der Waals surface area contributed by atoms with Crippen LogP contribution in [0.3, 0.4) is 0 Å². The van der Waals surface area contributed by atoms with Crippen LogP contribution in [0.25, 0.3) is 22.4 Å². The fraction of sp³-hybridized carbons (Fsp3) is 0.143. The molecule has 3 rings (SSSR count). The number of fused-ring (bicyclic) bond motifs is 1. The molecule has 0 aliphatic rings. The van der Waals surface area contributed by atoms with Crippen molar-refractivity contribution in [3.05, 3.63) is 47.8 Å². The average Bonchev–Trinajstić information content (AvgIpc) is 2.67. The summed E-state index contributed by atoms with van der Waals surface area (Å²) in [7, 11) is 1.71. The van der Waals surface area contributed by atoms with Crippen molar-refractivity contribution in [1.82, 2.24) is 14.5 Å². The van der Waals surface area contributed by atoms with Crippen molar-refractivity contribution in [2.75, 3.05) is 0 Å². The van der Waals surface area contributed by atoms with Crippen molar-refractivity contribution in [2.45, 2.75) is 6.92 Å². The van der Waals surface area contributed by atoms with Crippen LogP contribution in [0.4, 0.5) is 8.78 Å². The smallest absolute Gasteiger partial charge is 0.152 e. The standard InChI is InChI=1S/C14H11F2N3/c1-8-3-4-17-7-10(8)14-18-12-6-9(15)5-11(16)13(12)19(14)2/h3-7H,1-2H3. The molecule has 2 aromatic heterocycles. The van der Waals surface area contributed by atoms with E-state index in [0.717, 1.165) is 17.2 Å². The molecule has 0 unspecified atom stereocenters. The first-order valence-corrected chi connectivity index (χ1v) is 5.80. The molecule has 0 radical (unpaired) electrons. The predicted molar refractivity (Wildman–Crippen MR) is 68.6 cm³/mol. The van der Waals surface area contributed by atoms with E-state index in [-0.39, 0.29) is 0 Å². The minimum Gasteiger partial charge on any atom is -0.325 e. The lowest BCUT2D eigenvalue weighted by atomic mass is 10.1. The minimum absolute atomic E-state index is 0.291. The third-order valence-electron chi connectivity index (χ3n) is 3.17. The lowest BCUT2D eigenvalue weighted by Gasteiger charge is -2.05. The highest BCUT2D eigenvalue weighted by Gasteiger charge is 2.16. The van der Waals surface area contributed by atoms with Crippen LogP contribution in [-0.4, -0.2) is 14.5 Å². The van der Waals surface area contributed by atoms with Crippen molar-refractivity contribution in [2.24, 2.45) is 7.05 Å². The molecule has 0 N–H and O–H groups in total. The van der Waals surface area contributed by atoms with Gasteiger partial charge in [-0.05, 0) is 18.6 Å². The van der Waals surface area contributed by atoms with Gasteiger partial charge in [-0.2, -0.15) is 0 Å². The summed E-state index contributed by atoms with van der Waals surface area (Å²) in [6.45, 7) is 1.92. The van der Waals surface area contributed by atoms with E-state index >= 15 is 0 Å². The van der Waals surface area contributed by atoms with E-state index in [0.29, 0.717) is 16.9 Å². The molecule has 2 heterocycles. The highest BCUT2D eigenvalue weighted by Crippen LogP contribution is 2.27. The van der Waals surface area contributed by atoms with Gasteiger partial charge in [-0.15, -0.1) is 0 Å². The fourth-order valence-corrected chi connectivity index (χ4v) is 2.20. The molecule has 0 aliphatic carbocycles. The zero-order valence-electron chi connectivity index (χ0n) is 10.5. The maximum atomic E-state index is 13.8. The van der Waals surface area contributed by atoms with Crippen LogP contribution >= 0.6 is 0 Å². The number of pyridine rings is 1. The molecule has 0 amide bonds. The topological polar surface area (TPSA) is 30.7 Å². The molecule has 19 heavy (non-hydrogen) atoms. The number of hydrogen-bond acceptors (Lipinski definition) is 2. The van der Waals surface area contributed by atoms with E-state index < -0.39 is 11.6 Å². The van der Waals surface area contributed by atoms with E-state index in [1.807, 2.05) is 13.0 Å². The Kier molecular flexibility index (Phi) is 2.55. The summed E-state index contributed by atoms with van der Waals surface area (Å²) in [6, 6.07) is 3.95. The van der Waals surface area contributed by atoms with Gasteiger partial charge in [0.25, 0.3) is 0 Å². The third kappa shape index (κ3) is 1.78. The highest BCUT2D eigenvalue weighted by atomic mass is 19.1. The zero-order chi connectivity index (χ0) is 13.6. The second kappa shape index (κ2) is 4.12. The first-order valence-electron chi connectivity index (χ1n) is 5.80. The largest absolute Gasteiger partial charge is 0.325 e. The second-order valence-corrected chi connectivity index (χ2v) is 4.44. The summed E-state index contributed by atoms with van der Waals surface area (Å²) in [5, 5.41) is 0. The van der Waals surface area contributed by atoms with Gasteiger partial charge < -0.3 is 4.57 Å². The second-order valence-electron chi connectivity index (χ2n) is 4.44. The zero-order valence-corrected chi connectivity index (χ0v) is 10.5. The highest BCUT2D eigenvalue weighted by molar-refractivity contribution is 5.81. The van der Waals surface area contributed by atoms with Crippen LogP contribution in [0.15, 0.2) is 30.6 Å². The SMILES string of the molecule is Cc1ccncc1-c1nc2cc(F)cc(F)c2n1C. The summed E-state index contributed by atoms with van der Waals surface area (Å²) in [4.78, 5) is 8.36. The van der Waals surface area contributed by atoms with Gasteiger partial charge >= 0.3 is 0 Å². The van der Waals surface area contributed by atoms with Crippen LogP contribution < -0.4 is 0 Å². The molecule has 0 spiro atoms. The summed E-state index contributed by atoms with van der Waals surface area (Å²) in [6.07, 6.45) is 3.35. The molecule has 96 valence electrons. The number of rotatable bonds is 1. The first kappa shape index (κ1) is 11.8. The molecule has 3 aromatic rings. The fourth-order valence-electron chi connectivity index (χ4n) is 2.20. The number of imidazole rings is 1. The van der Waals surface area contributed by atoms with Gasteiger partial charge in [-0.1, -0.05) is 0 Å². The molecular weight excluding hydrogens is 248 g/mol. The van der Waals surface area contributed by atoms with E-state index in [9.17, 15) is 8.78 Å². The molecule has 0 fully saturated rings. The lowest BCUT2D eigenvalue weighted by molar-refractivity contribution is 0.588. The van der Waals surface area contributed by atoms with Gasteiger partial charge in [0.05, 0.1) is 5.52 Å².